The second-order valence-electron chi connectivity index (χ2n) is 9.81. The van der Waals surface area contributed by atoms with E-state index < -0.39 is 0 Å². The van der Waals surface area contributed by atoms with E-state index >= 15 is 0 Å². The lowest BCUT2D eigenvalue weighted by atomic mass is 10.1. The first-order valence-corrected chi connectivity index (χ1v) is 12.0. The van der Waals surface area contributed by atoms with Gasteiger partial charge in [0.15, 0.2) is 5.43 Å². The Morgan fingerprint density at radius 2 is 1.76 bits per heavy atom. The first-order chi connectivity index (χ1) is 16.3. The summed E-state index contributed by atoms with van der Waals surface area (Å²) >= 11 is 0. The van der Waals surface area contributed by atoms with Gasteiger partial charge in [0.05, 0.1) is 39.7 Å². The van der Waals surface area contributed by atoms with Gasteiger partial charge in [0.1, 0.15) is 11.4 Å². The first-order valence-electron chi connectivity index (χ1n) is 12.0. The molecule has 7 nitrogen and oxygen atoms in total. The molecule has 0 radical (unpaired) electrons. The number of nitrogens with zero attached hydrogens (tertiary/aromatic N) is 4. The summed E-state index contributed by atoms with van der Waals surface area (Å²) in [5, 5.41) is 11.5. The number of nitriles is 1. The molecule has 176 valence electrons. The smallest absolute Gasteiger partial charge is 0.199 e. The van der Waals surface area contributed by atoms with Gasteiger partial charge in [-0.3, -0.25) is 4.79 Å². The predicted molar refractivity (Wildman–Crippen MR) is 138 cm³/mol. The highest BCUT2D eigenvalue weighted by atomic mass is 16.5. The number of hydrogen-bond donors (Lipinski definition) is 1. The molecule has 0 spiro atoms. The van der Waals surface area contributed by atoms with Crippen LogP contribution in [0.4, 0.5) is 5.69 Å². The minimum atomic E-state index is -0.0172. The normalized spacial score (nSPS) is 15.2. The van der Waals surface area contributed by atoms with Crippen molar-refractivity contribution in [3.63, 3.8) is 0 Å². The number of aromatic nitrogens is 2. The molecule has 0 aliphatic carbocycles. The van der Waals surface area contributed by atoms with Gasteiger partial charge in [0.25, 0.3) is 0 Å². The summed E-state index contributed by atoms with van der Waals surface area (Å²) in [7, 11) is 2.14. The quantitative estimate of drug-likeness (QED) is 0.484. The summed E-state index contributed by atoms with van der Waals surface area (Å²) in [4.78, 5) is 22.0. The van der Waals surface area contributed by atoms with Crippen LogP contribution in [0.3, 0.4) is 0 Å². The maximum Gasteiger partial charge on any atom is 0.199 e. The van der Waals surface area contributed by atoms with Crippen LogP contribution in [0.2, 0.25) is 0 Å². The summed E-state index contributed by atoms with van der Waals surface area (Å²) in [6, 6.07) is 11.8. The molecule has 0 saturated carbocycles. The fraction of sp³-hybridized carbons (Fsp3) is 0.407. The summed E-state index contributed by atoms with van der Waals surface area (Å²) in [5.74, 6) is 0.755. The number of likely N-dealkylation sites (N-methyl/N-ethyl adjacent to an activating group) is 1. The molecule has 7 heteroatoms. The standard InChI is InChI=1S/C27H31N5O2/c1-16(2)32-22-14-23(31-10-8-30(5)9-11-31)24(34-17(3)4)13-20(22)26(33)25-19-7-6-18(15-28)12-21(19)29-27(25)32/h6-7,12-14,16-17,29H,8-11H2,1-5H3. The minimum absolute atomic E-state index is 0.00258. The molecule has 4 aromatic rings. The number of pyridine rings is 1. The summed E-state index contributed by atoms with van der Waals surface area (Å²) < 4.78 is 8.46. The molecule has 0 unspecified atom stereocenters. The largest absolute Gasteiger partial charge is 0.489 e. The van der Waals surface area contributed by atoms with E-state index in [1.165, 1.54) is 0 Å². The third-order valence-electron chi connectivity index (χ3n) is 6.68. The van der Waals surface area contributed by atoms with Crippen molar-refractivity contribution in [2.24, 2.45) is 0 Å². The molecule has 2 aromatic carbocycles. The molecule has 1 aliphatic rings. The van der Waals surface area contributed by atoms with Gasteiger partial charge in [-0.1, -0.05) is 6.07 Å². The monoisotopic (exact) mass is 457 g/mol. The molecule has 1 saturated heterocycles. The number of aromatic amines is 1. The van der Waals surface area contributed by atoms with E-state index in [-0.39, 0.29) is 17.6 Å². The molecule has 0 atom stereocenters. The molecule has 0 bridgehead atoms. The molecule has 34 heavy (non-hydrogen) atoms. The predicted octanol–water partition coefficient (Wildman–Crippen LogP) is 4.63. The van der Waals surface area contributed by atoms with Crippen molar-refractivity contribution in [1.29, 1.82) is 5.26 Å². The van der Waals surface area contributed by atoms with E-state index in [1.54, 1.807) is 6.07 Å². The Hall–Kier alpha value is -3.50. The number of ether oxygens (including phenoxy) is 1. The highest BCUT2D eigenvalue weighted by molar-refractivity contribution is 6.10. The number of piperazine rings is 1. The van der Waals surface area contributed by atoms with Crippen LogP contribution in [0.5, 0.6) is 5.75 Å². The zero-order valence-corrected chi connectivity index (χ0v) is 20.5. The summed E-state index contributed by atoms with van der Waals surface area (Å²) in [6.07, 6.45) is -0.00258. The lowest BCUT2D eigenvalue weighted by Crippen LogP contribution is -2.44. The van der Waals surface area contributed by atoms with Crippen molar-refractivity contribution in [3.8, 4) is 11.8 Å². The van der Waals surface area contributed by atoms with Gasteiger partial charge in [-0.05, 0) is 59.0 Å². The van der Waals surface area contributed by atoms with Crippen molar-refractivity contribution in [1.82, 2.24) is 14.5 Å². The lowest BCUT2D eigenvalue weighted by molar-refractivity contribution is 0.241. The Morgan fingerprint density at radius 1 is 1.03 bits per heavy atom. The minimum Gasteiger partial charge on any atom is -0.489 e. The number of hydrogen-bond acceptors (Lipinski definition) is 5. The van der Waals surface area contributed by atoms with E-state index in [2.05, 4.69) is 52.4 Å². The molecule has 1 fully saturated rings. The second kappa shape index (κ2) is 8.37. The fourth-order valence-electron chi connectivity index (χ4n) is 5.04. The number of rotatable bonds is 4. The lowest BCUT2D eigenvalue weighted by Gasteiger charge is -2.35. The number of nitrogens with one attached hydrogen (secondary N) is 1. The van der Waals surface area contributed by atoms with E-state index in [0.29, 0.717) is 16.3 Å². The van der Waals surface area contributed by atoms with Crippen LogP contribution < -0.4 is 15.1 Å². The average molecular weight is 458 g/mol. The topological polar surface area (TPSA) is 77.3 Å². The number of anilines is 1. The van der Waals surface area contributed by atoms with Gasteiger partial charge in [0, 0.05) is 43.1 Å². The van der Waals surface area contributed by atoms with Crippen LogP contribution in [0.25, 0.3) is 32.8 Å². The zero-order chi connectivity index (χ0) is 24.1. The van der Waals surface area contributed by atoms with Gasteiger partial charge in [0.2, 0.25) is 0 Å². The number of benzene rings is 2. The maximum absolute atomic E-state index is 13.9. The molecule has 3 heterocycles. The molecule has 5 rings (SSSR count). The van der Waals surface area contributed by atoms with E-state index in [1.807, 2.05) is 32.0 Å². The fourth-order valence-corrected chi connectivity index (χ4v) is 5.04. The van der Waals surface area contributed by atoms with Gasteiger partial charge in [-0.25, -0.2) is 0 Å². The summed E-state index contributed by atoms with van der Waals surface area (Å²) in [5.41, 5.74) is 4.07. The van der Waals surface area contributed by atoms with E-state index in [4.69, 9.17) is 4.74 Å². The Balaban J connectivity index is 1.86. The highest BCUT2D eigenvalue weighted by Gasteiger charge is 2.24. The van der Waals surface area contributed by atoms with Crippen molar-refractivity contribution < 1.29 is 4.74 Å². The number of H-pyrrole nitrogens is 1. The maximum atomic E-state index is 13.9. The molecule has 0 amide bonds. The van der Waals surface area contributed by atoms with Gasteiger partial charge in [-0.15, -0.1) is 0 Å². The second-order valence-corrected chi connectivity index (χ2v) is 9.81. The highest BCUT2D eigenvalue weighted by Crippen LogP contribution is 2.37. The molecular weight excluding hydrogens is 426 g/mol. The van der Waals surface area contributed by atoms with Crippen LogP contribution in [0, 0.1) is 11.3 Å². The average Bonchev–Trinajstić information content (AvgIpc) is 3.17. The van der Waals surface area contributed by atoms with Crippen molar-refractivity contribution >= 4 is 38.5 Å². The molecular formula is C27H31N5O2. The van der Waals surface area contributed by atoms with Crippen LogP contribution in [0.1, 0.15) is 39.3 Å². The Bertz CT molecular complexity index is 1500. The molecule has 2 aromatic heterocycles. The third-order valence-corrected chi connectivity index (χ3v) is 6.68. The van der Waals surface area contributed by atoms with Crippen LogP contribution in [0.15, 0.2) is 35.1 Å². The Kier molecular flexibility index (Phi) is 5.49. The Labute approximate surface area is 199 Å². The molecule has 1 aliphatic heterocycles. The first kappa shape index (κ1) is 22.3. The molecule has 1 N–H and O–H groups in total. The van der Waals surface area contributed by atoms with Crippen molar-refractivity contribution in [2.45, 2.75) is 39.8 Å². The third kappa shape index (κ3) is 3.59. The SMILES string of the molecule is CC(C)Oc1cc2c(=O)c3c4ccc(C#N)cc4[nH]c3n(C(C)C)c2cc1N1CCN(C)CC1. The van der Waals surface area contributed by atoms with E-state index in [9.17, 15) is 10.1 Å². The Morgan fingerprint density at radius 3 is 2.41 bits per heavy atom. The van der Waals surface area contributed by atoms with E-state index in [0.717, 1.165) is 59.7 Å². The van der Waals surface area contributed by atoms with Crippen molar-refractivity contribution in [2.75, 3.05) is 38.1 Å². The van der Waals surface area contributed by atoms with Gasteiger partial charge >= 0.3 is 0 Å². The van der Waals surface area contributed by atoms with Crippen LogP contribution in [-0.4, -0.2) is 53.8 Å². The van der Waals surface area contributed by atoms with Crippen LogP contribution >= 0.6 is 0 Å². The van der Waals surface area contributed by atoms with Gasteiger partial charge < -0.3 is 24.1 Å². The van der Waals surface area contributed by atoms with Crippen LogP contribution in [-0.2, 0) is 0 Å². The summed E-state index contributed by atoms with van der Waals surface area (Å²) in [6.45, 7) is 12.1. The van der Waals surface area contributed by atoms with Gasteiger partial charge in [-0.2, -0.15) is 5.26 Å². The zero-order valence-electron chi connectivity index (χ0n) is 20.5. The van der Waals surface area contributed by atoms with Crippen molar-refractivity contribution in [3.05, 3.63) is 46.1 Å². The number of fused-ring (bicyclic) bond motifs is 4.